The number of halogens is 1. The van der Waals surface area contributed by atoms with Crippen molar-refractivity contribution in [2.75, 3.05) is 17.3 Å². The zero-order valence-electron chi connectivity index (χ0n) is 11.7. The van der Waals surface area contributed by atoms with Gasteiger partial charge in [0.1, 0.15) is 0 Å². The lowest BCUT2D eigenvalue weighted by Crippen LogP contribution is -2.11. The number of nitrogens with one attached hydrogen (secondary N) is 1. The summed E-state index contributed by atoms with van der Waals surface area (Å²) in [5, 5.41) is 12.5. The average Bonchev–Trinajstić information content (AvgIpc) is 2.73. The van der Waals surface area contributed by atoms with Crippen LogP contribution in [0.25, 0.3) is 0 Å². The van der Waals surface area contributed by atoms with Crippen molar-refractivity contribution >= 4 is 38.9 Å². The summed E-state index contributed by atoms with van der Waals surface area (Å²) in [5.74, 6) is -0.382. The molecule has 2 N–H and O–H groups in total. The molecular formula is C16H15BrN2O2. The second kappa shape index (κ2) is 5.16. The maximum Gasteiger partial charge on any atom is 0.257 e. The molecule has 1 heterocycles. The Morgan fingerprint density at radius 2 is 2.05 bits per heavy atom. The number of benzene rings is 2. The molecule has 3 rings (SSSR count). The lowest BCUT2D eigenvalue weighted by molar-refractivity contribution is -0.123. The number of rotatable bonds is 2. The van der Waals surface area contributed by atoms with E-state index in [0.29, 0.717) is 11.3 Å². The van der Waals surface area contributed by atoms with Crippen molar-refractivity contribution in [3.63, 3.8) is 0 Å². The monoisotopic (exact) mass is 346 g/mol. The maximum atomic E-state index is 11.5. The Labute approximate surface area is 131 Å². The van der Waals surface area contributed by atoms with Gasteiger partial charge in [0, 0.05) is 28.5 Å². The molecule has 4 nitrogen and oxygen atoms in total. The fourth-order valence-electron chi connectivity index (χ4n) is 2.49. The molecule has 108 valence electrons. The molecule has 1 aliphatic rings. The summed E-state index contributed by atoms with van der Waals surface area (Å²) in [5.41, 5.74) is 4.42. The van der Waals surface area contributed by atoms with E-state index in [-0.39, 0.29) is 5.91 Å². The standard InChI is InChI=1S/C16H15BrN2O2/c1-9-4-3-5-10(6-9)19(2)14-8-13-11(7-12(14)17)15(20)16(21)18-13/h3-8,15,20H,1-2H3,(H,18,21). The molecule has 0 fully saturated rings. The third-order valence-electron chi connectivity index (χ3n) is 3.67. The second-order valence-electron chi connectivity index (χ2n) is 5.18. The van der Waals surface area contributed by atoms with Gasteiger partial charge in [0.05, 0.1) is 5.69 Å². The highest BCUT2D eigenvalue weighted by atomic mass is 79.9. The fraction of sp³-hybridized carbons (Fsp3) is 0.188. The number of aryl methyl sites for hydroxylation is 1. The molecule has 2 aromatic carbocycles. The largest absolute Gasteiger partial charge is 0.378 e. The average molecular weight is 347 g/mol. The molecule has 21 heavy (non-hydrogen) atoms. The van der Waals surface area contributed by atoms with Crippen LogP contribution >= 0.6 is 15.9 Å². The first-order valence-corrected chi connectivity index (χ1v) is 7.39. The molecule has 1 atom stereocenters. The van der Waals surface area contributed by atoms with Crippen molar-refractivity contribution < 1.29 is 9.90 Å². The molecule has 1 amide bonds. The number of hydrogen-bond donors (Lipinski definition) is 2. The van der Waals surface area contributed by atoms with E-state index in [1.807, 2.05) is 43.1 Å². The second-order valence-corrected chi connectivity index (χ2v) is 6.04. The minimum absolute atomic E-state index is 0.382. The number of amides is 1. The van der Waals surface area contributed by atoms with E-state index in [4.69, 9.17) is 0 Å². The Kier molecular flexibility index (Phi) is 3.47. The summed E-state index contributed by atoms with van der Waals surface area (Å²) in [6.45, 7) is 2.05. The lowest BCUT2D eigenvalue weighted by Gasteiger charge is -2.22. The van der Waals surface area contributed by atoms with E-state index in [9.17, 15) is 9.90 Å². The fourth-order valence-corrected chi connectivity index (χ4v) is 3.11. The summed E-state index contributed by atoms with van der Waals surface area (Å²) < 4.78 is 0.834. The number of carbonyl (C=O) groups excluding carboxylic acids is 1. The van der Waals surface area contributed by atoms with Crippen LogP contribution in [0.15, 0.2) is 40.9 Å². The zero-order chi connectivity index (χ0) is 15.1. The van der Waals surface area contributed by atoms with Crippen molar-refractivity contribution in [1.29, 1.82) is 0 Å². The van der Waals surface area contributed by atoms with Gasteiger partial charge in [0.2, 0.25) is 0 Å². The third-order valence-corrected chi connectivity index (χ3v) is 4.31. The van der Waals surface area contributed by atoms with E-state index in [1.165, 1.54) is 5.56 Å². The van der Waals surface area contributed by atoms with E-state index >= 15 is 0 Å². The third kappa shape index (κ3) is 2.43. The molecule has 1 aliphatic heterocycles. The molecule has 0 aliphatic carbocycles. The topological polar surface area (TPSA) is 52.6 Å². The van der Waals surface area contributed by atoms with E-state index in [1.54, 1.807) is 6.07 Å². The van der Waals surface area contributed by atoms with Gasteiger partial charge in [-0.05, 0) is 52.7 Å². The van der Waals surface area contributed by atoms with Crippen LogP contribution in [0.3, 0.4) is 0 Å². The SMILES string of the molecule is Cc1cccc(N(C)c2cc3c(cc2Br)C(O)C(=O)N3)c1. The molecule has 0 aromatic heterocycles. The van der Waals surface area contributed by atoms with Gasteiger partial charge >= 0.3 is 0 Å². The molecule has 2 aromatic rings. The summed E-state index contributed by atoms with van der Waals surface area (Å²) >= 11 is 3.52. The Balaban J connectivity index is 2.04. The van der Waals surface area contributed by atoms with Crippen LogP contribution in [0.5, 0.6) is 0 Å². The number of fused-ring (bicyclic) bond motifs is 1. The van der Waals surface area contributed by atoms with Gasteiger partial charge in [0.25, 0.3) is 5.91 Å². The minimum atomic E-state index is -1.09. The van der Waals surface area contributed by atoms with Gasteiger partial charge in [-0.3, -0.25) is 4.79 Å². The first-order chi connectivity index (χ1) is 9.97. The quantitative estimate of drug-likeness (QED) is 0.874. The van der Waals surface area contributed by atoms with Gasteiger partial charge in [-0.25, -0.2) is 0 Å². The molecule has 0 saturated heterocycles. The molecular weight excluding hydrogens is 332 g/mol. The van der Waals surface area contributed by atoms with Gasteiger partial charge in [-0.1, -0.05) is 12.1 Å². The van der Waals surface area contributed by atoms with Crippen molar-refractivity contribution in [2.45, 2.75) is 13.0 Å². The number of carbonyl (C=O) groups is 1. The van der Waals surface area contributed by atoms with E-state index in [2.05, 4.69) is 27.3 Å². The van der Waals surface area contributed by atoms with Crippen LogP contribution in [-0.2, 0) is 4.79 Å². The molecule has 0 spiro atoms. The highest BCUT2D eigenvalue weighted by Gasteiger charge is 2.30. The lowest BCUT2D eigenvalue weighted by atomic mass is 10.1. The predicted octanol–water partition coefficient (Wildman–Crippen LogP) is 3.51. The maximum absolute atomic E-state index is 11.5. The van der Waals surface area contributed by atoms with Gasteiger partial charge in [0.15, 0.2) is 6.10 Å². The van der Waals surface area contributed by atoms with Crippen molar-refractivity contribution in [1.82, 2.24) is 0 Å². The number of aliphatic hydroxyl groups excluding tert-OH is 1. The molecule has 0 bridgehead atoms. The van der Waals surface area contributed by atoms with Crippen LogP contribution < -0.4 is 10.2 Å². The van der Waals surface area contributed by atoms with Crippen LogP contribution in [0.1, 0.15) is 17.2 Å². The highest BCUT2D eigenvalue weighted by molar-refractivity contribution is 9.10. The number of aliphatic hydroxyl groups is 1. The number of hydrogen-bond acceptors (Lipinski definition) is 3. The van der Waals surface area contributed by atoms with Gasteiger partial charge in [-0.2, -0.15) is 0 Å². The molecule has 5 heteroatoms. The minimum Gasteiger partial charge on any atom is -0.378 e. The summed E-state index contributed by atoms with van der Waals surface area (Å²) in [4.78, 5) is 13.6. The predicted molar refractivity (Wildman–Crippen MR) is 87.0 cm³/mol. The van der Waals surface area contributed by atoms with Gasteiger partial charge in [-0.15, -0.1) is 0 Å². The molecule has 0 saturated carbocycles. The van der Waals surface area contributed by atoms with Crippen LogP contribution in [0.4, 0.5) is 17.1 Å². The summed E-state index contributed by atoms with van der Waals surface area (Å²) in [6.07, 6.45) is -1.09. The van der Waals surface area contributed by atoms with E-state index < -0.39 is 6.10 Å². The first kappa shape index (κ1) is 14.1. The van der Waals surface area contributed by atoms with E-state index in [0.717, 1.165) is 15.8 Å². The highest BCUT2D eigenvalue weighted by Crippen LogP contribution is 2.40. The first-order valence-electron chi connectivity index (χ1n) is 6.60. The van der Waals surface area contributed by atoms with Crippen LogP contribution in [0, 0.1) is 6.92 Å². The Morgan fingerprint density at radius 1 is 1.29 bits per heavy atom. The van der Waals surface area contributed by atoms with Crippen molar-refractivity contribution in [3.05, 3.63) is 52.0 Å². The van der Waals surface area contributed by atoms with Crippen molar-refractivity contribution in [2.24, 2.45) is 0 Å². The normalized spacial score (nSPS) is 16.6. The molecule has 1 unspecified atom stereocenters. The van der Waals surface area contributed by atoms with Crippen LogP contribution in [-0.4, -0.2) is 18.1 Å². The zero-order valence-corrected chi connectivity index (χ0v) is 13.3. The Hall–Kier alpha value is -1.85. The number of nitrogens with zero attached hydrogens (tertiary/aromatic N) is 1. The number of anilines is 3. The molecule has 0 radical (unpaired) electrons. The Morgan fingerprint density at radius 3 is 2.76 bits per heavy atom. The van der Waals surface area contributed by atoms with Crippen molar-refractivity contribution in [3.8, 4) is 0 Å². The Bertz CT molecular complexity index is 730. The summed E-state index contributed by atoms with van der Waals surface area (Å²) in [6, 6.07) is 11.8. The smallest absolute Gasteiger partial charge is 0.257 e. The van der Waals surface area contributed by atoms with Gasteiger partial charge < -0.3 is 15.3 Å². The summed E-state index contributed by atoms with van der Waals surface area (Å²) in [7, 11) is 1.97. The van der Waals surface area contributed by atoms with Crippen LogP contribution in [0.2, 0.25) is 0 Å².